The fraction of sp³-hybridized carbons (Fsp3) is 0.0909. The second-order valence-electron chi connectivity index (χ2n) is 3.29. The number of hydrogen-bond acceptors (Lipinski definition) is 2. The summed E-state index contributed by atoms with van der Waals surface area (Å²) in [5.41, 5.74) is 8.26. The first-order valence-electron chi connectivity index (χ1n) is 4.38. The van der Waals surface area contributed by atoms with Crippen molar-refractivity contribution in [2.75, 3.05) is 0 Å². The first-order valence-corrected chi connectivity index (χ1v) is 4.38. The number of aryl methyl sites for hydroxylation is 1. The molecule has 0 fully saturated rings. The van der Waals surface area contributed by atoms with E-state index in [1.807, 2.05) is 25.1 Å². The van der Waals surface area contributed by atoms with E-state index in [-0.39, 0.29) is 18.2 Å². The highest BCUT2D eigenvalue weighted by Gasteiger charge is 2.03. The van der Waals surface area contributed by atoms with E-state index in [1.165, 1.54) is 0 Å². The molecule has 1 heterocycles. The monoisotopic (exact) mass is 221 g/mol. The third-order valence-corrected chi connectivity index (χ3v) is 2.19. The van der Waals surface area contributed by atoms with Crippen molar-refractivity contribution >= 4 is 29.1 Å². The Balaban J connectivity index is 0.00000112. The molecule has 0 unspecified atom stereocenters. The number of halogens is 1. The van der Waals surface area contributed by atoms with Gasteiger partial charge < -0.3 is 5.73 Å². The van der Waals surface area contributed by atoms with Crippen molar-refractivity contribution in [2.24, 2.45) is 5.73 Å². The van der Waals surface area contributed by atoms with Crippen molar-refractivity contribution in [3.8, 4) is 0 Å². The van der Waals surface area contributed by atoms with Crippen molar-refractivity contribution in [2.45, 2.75) is 6.92 Å². The molecule has 0 aliphatic heterocycles. The maximum Gasteiger partial charge on any atom is 0.123 e. The molecule has 0 bridgehead atoms. The van der Waals surface area contributed by atoms with Crippen LogP contribution < -0.4 is 5.73 Å². The molecular weight excluding hydrogens is 210 g/mol. The third-order valence-electron chi connectivity index (χ3n) is 2.19. The molecule has 0 radical (unpaired) electrons. The molecule has 0 saturated carbocycles. The number of nitrogen functional groups attached to an aromatic ring is 1. The van der Waals surface area contributed by atoms with E-state index < -0.39 is 0 Å². The third kappa shape index (κ3) is 2.07. The zero-order valence-electron chi connectivity index (χ0n) is 8.32. The summed E-state index contributed by atoms with van der Waals surface area (Å²) in [4.78, 5) is 4.21. The average Bonchev–Trinajstić information content (AvgIpc) is 2.16. The lowest BCUT2D eigenvalue weighted by molar-refractivity contribution is 1.36. The SMILES string of the molecule is Cc1ccc2nccc(C(=N)N)c2c1.Cl. The number of rotatable bonds is 1. The molecule has 0 spiro atoms. The van der Waals surface area contributed by atoms with Crippen LogP contribution in [-0.2, 0) is 0 Å². The van der Waals surface area contributed by atoms with Crippen LogP contribution >= 0.6 is 12.4 Å². The number of nitrogens with two attached hydrogens (primary N) is 1. The topological polar surface area (TPSA) is 62.8 Å². The summed E-state index contributed by atoms with van der Waals surface area (Å²) >= 11 is 0. The Morgan fingerprint density at radius 2 is 2.07 bits per heavy atom. The summed E-state index contributed by atoms with van der Waals surface area (Å²) in [6.45, 7) is 2.01. The quantitative estimate of drug-likeness (QED) is 0.573. The minimum atomic E-state index is 0. The molecule has 1 aromatic carbocycles. The number of nitrogens with one attached hydrogen (secondary N) is 1. The van der Waals surface area contributed by atoms with Gasteiger partial charge in [-0.2, -0.15) is 0 Å². The summed E-state index contributed by atoms with van der Waals surface area (Å²) in [5.74, 6) is 0.0861. The second kappa shape index (κ2) is 4.28. The molecule has 4 heteroatoms. The predicted octanol–water partition coefficient (Wildman–Crippen LogP) is 2.25. The number of pyridine rings is 1. The van der Waals surface area contributed by atoms with E-state index in [2.05, 4.69) is 4.98 Å². The average molecular weight is 222 g/mol. The van der Waals surface area contributed by atoms with Gasteiger partial charge in [-0.05, 0) is 25.1 Å². The maximum atomic E-state index is 7.44. The van der Waals surface area contributed by atoms with Gasteiger partial charge in [-0.1, -0.05) is 11.6 Å². The first-order chi connectivity index (χ1) is 6.68. The fourth-order valence-electron chi connectivity index (χ4n) is 1.49. The van der Waals surface area contributed by atoms with Gasteiger partial charge in [0, 0.05) is 17.1 Å². The van der Waals surface area contributed by atoms with Gasteiger partial charge in [-0.25, -0.2) is 0 Å². The van der Waals surface area contributed by atoms with Gasteiger partial charge in [0.15, 0.2) is 0 Å². The van der Waals surface area contributed by atoms with E-state index >= 15 is 0 Å². The smallest absolute Gasteiger partial charge is 0.123 e. The number of hydrogen-bond donors (Lipinski definition) is 2. The fourth-order valence-corrected chi connectivity index (χ4v) is 1.49. The van der Waals surface area contributed by atoms with Gasteiger partial charge in [0.2, 0.25) is 0 Å². The molecule has 0 aliphatic rings. The lowest BCUT2D eigenvalue weighted by atomic mass is 10.1. The minimum absolute atomic E-state index is 0. The van der Waals surface area contributed by atoms with E-state index in [1.54, 1.807) is 12.3 Å². The standard InChI is InChI=1S/C11H11N3.ClH/c1-7-2-3-10-9(6-7)8(11(12)13)4-5-14-10;/h2-6H,1H3,(H3,12,13);1H. The lowest BCUT2D eigenvalue weighted by Crippen LogP contribution is -2.11. The van der Waals surface area contributed by atoms with Gasteiger partial charge in [-0.3, -0.25) is 10.4 Å². The van der Waals surface area contributed by atoms with Crippen LogP contribution in [0.3, 0.4) is 0 Å². The molecule has 3 nitrogen and oxygen atoms in total. The number of nitrogens with zero attached hydrogens (tertiary/aromatic N) is 1. The molecular formula is C11H12ClN3. The largest absolute Gasteiger partial charge is 0.384 e. The molecule has 0 atom stereocenters. The van der Waals surface area contributed by atoms with Gasteiger partial charge in [-0.15, -0.1) is 12.4 Å². The Hall–Kier alpha value is -1.61. The molecule has 2 aromatic rings. The molecule has 2 rings (SSSR count). The Morgan fingerprint density at radius 1 is 1.33 bits per heavy atom. The summed E-state index contributed by atoms with van der Waals surface area (Å²) in [5, 5.41) is 8.38. The molecule has 15 heavy (non-hydrogen) atoms. The molecule has 1 aromatic heterocycles. The predicted molar refractivity (Wildman–Crippen MR) is 64.7 cm³/mol. The van der Waals surface area contributed by atoms with Crippen molar-refractivity contribution in [3.05, 3.63) is 41.6 Å². The van der Waals surface area contributed by atoms with E-state index in [9.17, 15) is 0 Å². The Morgan fingerprint density at radius 3 is 2.73 bits per heavy atom. The van der Waals surface area contributed by atoms with E-state index in [0.29, 0.717) is 0 Å². The van der Waals surface area contributed by atoms with Gasteiger partial charge in [0.1, 0.15) is 5.84 Å². The normalized spacial score (nSPS) is 9.67. The maximum absolute atomic E-state index is 7.44. The van der Waals surface area contributed by atoms with Crippen LogP contribution in [0.1, 0.15) is 11.1 Å². The second-order valence-corrected chi connectivity index (χ2v) is 3.29. The van der Waals surface area contributed by atoms with Crippen molar-refractivity contribution < 1.29 is 0 Å². The van der Waals surface area contributed by atoms with Crippen LogP contribution in [-0.4, -0.2) is 10.8 Å². The summed E-state index contributed by atoms with van der Waals surface area (Å²) in [6, 6.07) is 7.71. The van der Waals surface area contributed by atoms with E-state index in [4.69, 9.17) is 11.1 Å². The van der Waals surface area contributed by atoms with Gasteiger partial charge >= 0.3 is 0 Å². The Kier molecular flexibility index (Phi) is 3.27. The number of aromatic nitrogens is 1. The Bertz CT molecular complexity index is 508. The van der Waals surface area contributed by atoms with Gasteiger partial charge in [0.05, 0.1) is 5.52 Å². The number of benzene rings is 1. The highest BCUT2D eigenvalue weighted by molar-refractivity contribution is 6.06. The highest BCUT2D eigenvalue weighted by atomic mass is 35.5. The molecule has 3 N–H and O–H groups in total. The van der Waals surface area contributed by atoms with Crippen molar-refractivity contribution in [1.82, 2.24) is 4.98 Å². The first kappa shape index (κ1) is 11.5. The number of fused-ring (bicyclic) bond motifs is 1. The minimum Gasteiger partial charge on any atom is -0.384 e. The van der Waals surface area contributed by atoms with Crippen LogP contribution in [0.4, 0.5) is 0 Å². The molecule has 0 aliphatic carbocycles. The molecule has 78 valence electrons. The lowest BCUT2D eigenvalue weighted by Gasteiger charge is -2.04. The Labute approximate surface area is 94.2 Å². The van der Waals surface area contributed by atoms with Crippen LogP contribution in [0.25, 0.3) is 10.9 Å². The van der Waals surface area contributed by atoms with Crippen molar-refractivity contribution in [3.63, 3.8) is 0 Å². The molecule has 0 amide bonds. The van der Waals surface area contributed by atoms with Gasteiger partial charge in [0.25, 0.3) is 0 Å². The van der Waals surface area contributed by atoms with Crippen molar-refractivity contribution in [1.29, 1.82) is 5.41 Å². The van der Waals surface area contributed by atoms with E-state index in [0.717, 1.165) is 22.0 Å². The van der Waals surface area contributed by atoms with Crippen LogP contribution in [0.5, 0.6) is 0 Å². The van der Waals surface area contributed by atoms with Crippen LogP contribution in [0, 0.1) is 12.3 Å². The zero-order valence-corrected chi connectivity index (χ0v) is 9.14. The van der Waals surface area contributed by atoms with Crippen LogP contribution in [0.15, 0.2) is 30.5 Å². The summed E-state index contributed by atoms with van der Waals surface area (Å²) in [7, 11) is 0. The summed E-state index contributed by atoms with van der Waals surface area (Å²) < 4.78 is 0. The molecule has 0 saturated heterocycles. The number of amidine groups is 1. The van der Waals surface area contributed by atoms with Crippen LogP contribution in [0.2, 0.25) is 0 Å². The highest BCUT2D eigenvalue weighted by Crippen LogP contribution is 2.17. The zero-order chi connectivity index (χ0) is 10.1. The summed E-state index contributed by atoms with van der Waals surface area (Å²) in [6.07, 6.45) is 1.67.